The highest BCUT2D eigenvalue weighted by Crippen LogP contribution is 2.25. The van der Waals surface area contributed by atoms with Crippen molar-refractivity contribution in [3.05, 3.63) is 79.5 Å². The molecule has 0 saturated heterocycles. The van der Waals surface area contributed by atoms with Crippen LogP contribution in [0, 0.1) is 3.95 Å². The lowest BCUT2D eigenvalue weighted by Gasteiger charge is -2.07. The van der Waals surface area contributed by atoms with Crippen molar-refractivity contribution < 1.29 is 4.79 Å². The molecule has 1 amide bonds. The molecule has 0 fully saturated rings. The number of rotatable bonds is 7. The Bertz CT molecular complexity index is 1330. The van der Waals surface area contributed by atoms with Gasteiger partial charge in [-0.15, -0.1) is 0 Å². The SMILES string of the molecule is O=C(CSc1nc2c(sc(=S)n2-c2ccc(Cl)cc2)c(=O)[nH]1)NCCc1ccccc1. The predicted octanol–water partition coefficient (Wildman–Crippen LogP) is 4.61. The van der Waals surface area contributed by atoms with Crippen LogP contribution >= 0.6 is 46.9 Å². The third-order valence-corrected chi connectivity index (χ3v) is 6.91. The molecule has 0 atom stereocenters. The van der Waals surface area contributed by atoms with Gasteiger partial charge in [0.1, 0.15) is 4.70 Å². The lowest BCUT2D eigenvalue weighted by atomic mass is 10.1. The van der Waals surface area contributed by atoms with Crippen LogP contribution in [0.3, 0.4) is 0 Å². The first-order valence-corrected chi connectivity index (χ1v) is 12.0. The Morgan fingerprint density at radius 2 is 1.94 bits per heavy atom. The van der Waals surface area contributed by atoms with E-state index in [9.17, 15) is 9.59 Å². The van der Waals surface area contributed by atoms with Crippen molar-refractivity contribution >= 4 is 63.2 Å². The van der Waals surface area contributed by atoms with Crippen LogP contribution in [0.2, 0.25) is 5.02 Å². The van der Waals surface area contributed by atoms with E-state index in [-0.39, 0.29) is 17.2 Å². The molecule has 0 unspecified atom stereocenters. The molecule has 0 aliphatic carbocycles. The van der Waals surface area contributed by atoms with E-state index < -0.39 is 0 Å². The number of halogens is 1. The fraction of sp³-hybridized carbons (Fsp3) is 0.143. The maximum Gasteiger partial charge on any atom is 0.271 e. The number of thiazole rings is 1. The van der Waals surface area contributed by atoms with E-state index in [2.05, 4.69) is 15.3 Å². The second-order valence-corrected chi connectivity index (χ2v) is 9.62. The number of thioether (sulfide) groups is 1. The Labute approximate surface area is 196 Å². The minimum absolute atomic E-state index is 0.122. The standard InChI is InChI=1S/C21H17ClN4O2S3/c22-14-6-8-15(9-7-14)26-18-17(31-21(26)29)19(28)25-20(24-18)30-12-16(27)23-11-10-13-4-2-1-3-5-13/h1-9H,10-12H2,(H,23,27)(H,24,25,28). The molecule has 4 aromatic rings. The first kappa shape index (κ1) is 21.8. The van der Waals surface area contributed by atoms with E-state index in [4.69, 9.17) is 23.8 Å². The molecule has 158 valence electrons. The van der Waals surface area contributed by atoms with E-state index in [1.165, 1.54) is 23.1 Å². The number of nitrogens with one attached hydrogen (secondary N) is 2. The number of carbonyl (C=O) groups is 1. The lowest BCUT2D eigenvalue weighted by Crippen LogP contribution is -2.27. The number of hydrogen-bond acceptors (Lipinski definition) is 6. The molecule has 4 rings (SSSR count). The Morgan fingerprint density at radius 1 is 1.19 bits per heavy atom. The summed E-state index contributed by atoms with van der Waals surface area (Å²) in [4.78, 5) is 32.0. The molecular weight excluding hydrogens is 472 g/mol. The smallest absolute Gasteiger partial charge is 0.271 e. The molecule has 2 N–H and O–H groups in total. The Balaban J connectivity index is 1.47. The fourth-order valence-corrected chi connectivity index (χ4v) is 5.04. The molecule has 0 aliphatic rings. The molecule has 0 radical (unpaired) electrons. The van der Waals surface area contributed by atoms with Crippen molar-refractivity contribution in [1.82, 2.24) is 19.9 Å². The normalized spacial score (nSPS) is 11.0. The van der Waals surface area contributed by atoms with Crippen molar-refractivity contribution in [2.45, 2.75) is 11.6 Å². The summed E-state index contributed by atoms with van der Waals surface area (Å²) >= 11 is 13.8. The van der Waals surface area contributed by atoms with Gasteiger partial charge in [0.2, 0.25) is 5.91 Å². The molecule has 2 aromatic carbocycles. The van der Waals surface area contributed by atoms with Crippen molar-refractivity contribution in [3.63, 3.8) is 0 Å². The maximum absolute atomic E-state index is 12.5. The van der Waals surface area contributed by atoms with Crippen molar-refractivity contribution in [3.8, 4) is 5.69 Å². The quantitative estimate of drug-likeness (QED) is 0.225. The number of benzene rings is 2. The van der Waals surface area contributed by atoms with Crippen LogP contribution in [-0.2, 0) is 11.2 Å². The van der Waals surface area contributed by atoms with Gasteiger partial charge in [0.15, 0.2) is 14.8 Å². The molecular formula is C21H17ClN4O2S3. The zero-order chi connectivity index (χ0) is 21.8. The number of carbonyl (C=O) groups excluding carboxylic acids is 1. The van der Waals surface area contributed by atoms with Crippen LogP contribution in [0.1, 0.15) is 5.56 Å². The predicted molar refractivity (Wildman–Crippen MR) is 129 cm³/mol. The van der Waals surface area contributed by atoms with Crippen LogP contribution < -0.4 is 10.9 Å². The molecule has 2 aromatic heterocycles. The average Bonchev–Trinajstić information content (AvgIpc) is 3.10. The van der Waals surface area contributed by atoms with Gasteiger partial charge in [-0.05, 0) is 48.5 Å². The van der Waals surface area contributed by atoms with Crippen LogP contribution in [0.5, 0.6) is 0 Å². The summed E-state index contributed by atoms with van der Waals surface area (Å²) in [6.07, 6.45) is 0.760. The number of H-pyrrole nitrogens is 1. The van der Waals surface area contributed by atoms with Gasteiger partial charge in [-0.2, -0.15) is 0 Å². The van der Waals surface area contributed by atoms with Crippen molar-refractivity contribution in [2.75, 3.05) is 12.3 Å². The van der Waals surface area contributed by atoms with Gasteiger partial charge in [-0.1, -0.05) is 65.0 Å². The highest BCUT2D eigenvalue weighted by Gasteiger charge is 2.14. The zero-order valence-corrected chi connectivity index (χ0v) is 19.3. The zero-order valence-electron chi connectivity index (χ0n) is 16.1. The summed E-state index contributed by atoms with van der Waals surface area (Å²) in [5, 5.41) is 3.86. The second kappa shape index (κ2) is 9.78. The van der Waals surface area contributed by atoms with Crippen LogP contribution in [-0.4, -0.2) is 32.7 Å². The highest BCUT2D eigenvalue weighted by atomic mass is 35.5. The fourth-order valence-electron chi connectivity index (χ4n) is 2.96. The van der Waals surface area contributed by atoms with Crippen molar-refractivity contribution in [2.24, 2.45) is 0 Å². The Kier molecular flexibility index (Phi) is 6.86. The third kappa shape index (κ3) is 5.24. The minimum Gasteiger partial charge on any atom is -0.355 e. The molecule has 6 nitrogen and oxygen atoms in total. The van der Waals surface area contributed by atoms with Gasteiger partial charge in [0, 0.05) is 17.3 Å². The number of nitrogens with zero attached hydrogens (tertiary/aromatic N) is 2. The number of aromatic amines is 1. The number of aromatic nitrogens is 3. The number of amides is 1. The van der Waals surface area contributed by atoms with Crippen LogP contribution in [0.15, 0.2) is 64.5 Å². The summed E-state index contributed by atoms with van der Waals surface area (Å²) in [5.74, 6) is 0.0261. The largest absolute Gasteiger partial charge is 0.355 e. The summed E-state index contributed by atoms with van der Waals surface area (Å²) in [5.41, 5.74) is 2.12. The summed E-state index contributed by atoms with van der Waals surface area (Å²) in [7, 11) is 0. The van der Waals surface area contributed by atoms with Gasteiger partial charge >= 0.3 is 0 Å². The summed E-state index contributed by atoms with van der Waals surface area (Å²) in [6.45, 7) is 0.548. The summed E-state index contributed by atoms with van der Waals surface area (Å²) < 4.78 is 2.69. The van der Waals surface area contributed by atoms with Crippen LogP contribution in [0.4, 0.5) is 0 Å². The van der Waals surface area contributed by atoms with Gasteiger partial charge < -0.3 is 10.3 Å². The molecule has 31 heavy (non-hydrogen) atoms. The average molecular weight is 489 g/mol. The maximum atomic E-state index is 12.5. The lowest BCUT2D eigenvalue weighted by molar-refractivity contribution is -0.118. The third-order valence-electron chi connectivity index (χ3n) is 4.42. The molecule has 0 saturated carbocycles. The van der Waals surface area contributed by atoms with Gasteiger partial charge in [0.25, 0.3) is 5.56 Å². The Morgan fingerprint density at radius 3 is 2.68 bits per heavy atom. The van der Waals surface area contributed by atoms with E-state index in [1.807, 2.05) is 42.5 Å². The number of hydrogen-bond donors (Lipinski definition) is 2. The van der Waals surface area contributed by atoms with E-state index in [1.54, 1.807) is 16.7 Å². The monoisotopic (exact) mass is 488 g/mol. The summed E-state index contributed by atoms with van der Waals surface area (Å²) in [6, 6.07) is 17.1. The molecule has 0 aliphatic heterocycles. The number of fused-ring (bicyclic) bond motifs is 1. The Hall–Kier alpha value is -2.46. The molecule has 10 heteroatoms. The van der Waals surface area contributed by atoms with Gasteiger partial charge in [0.05, 0.1) is 5.75 Å². The molecule has 2 heterocycles. The highest BCUT2D eigenvalue weighted by molar-refractivity contribution is 7.99. The minimum atomic E-state index is -0.277. The van der Waals surface area contributed by atoms with E-state index in [0.29, 0.717) is 31.0 Å². The van der Waals surface area contributed by atoms with Gasteiger partial charge in [-0.25, -0.2) is 4.98 Å². The van der Waals surface area contributed by atoms with E-state index in [0.717, 1.165) is 17.7 Å². The first-order chi connectivity index (χ1) is 15.0. The van der Waals surface area contributed by atoms with E-state index >= 15 is 0 Å². The second-order valence-electron chi connectivity index (χ2n) is 6.58. The van der Waals surface area contributed by atoms with Crippen LogP contribution in [0.25, 0.3) is 16.0 Å². The molecule has 0 spiro atoms. The molecule has 0 bridgehead atoms. The van der Waals surface area contributed by atoms with Gasteiger partial charge in [-0.3, -0.25) is 14.2 Å². The van der Waals surface area contributed by atoms with Crippen molar-refractivity contribution in [1.29, 1.82) is 0 Å². The first-order valence-electron chi connectivity index (χ1n) is 9.36. The topological polar surface area (TPSA) is 79.8 Å².